The van der Waals surface area contributed by atoms with Crippen molar-refractivity contribution in [1.29, 1.82) is 0 Å². The number of hydrogen-bond donors (Lipinski definition) is 0. The maximum Gasteiger partial charge on any atom is 0.0309 e. The van der Waals surface area contributed by atoms with Crippen LogP contribution in [0.3, 0.4) is 0 Å². The number of hydrogen-bond acceptors (Lipinski definition) is 0. The molecular formula is C9H10. The van der Waals surface area contributed by atoms with Crippen LogP contribution in [-0.2, 0) is 0 Å². The molecule has 0 aromatic rings. The van der Waals surface area contributed by atoms with Gasteiger partial charge in [0.15, 0.2) is 0 Å². The first kappa shape index (κ1) is 5.04. The fourth-order valence-corrected chi connectivity index (χ4v) is 1.45. The van der Waals surface area contributed by atoms with Crippen molar-refractivity contribution < 1.29 is 0 Å². The summed E-state index contributed by atoms with van der Waals surface area (Å²) in [5.41, 5.74) is 1.88. The Balaban J connectivity index is 2.40. The Morgan fingerprint density at radius 1 is 1.33 bits per heavy atom. The lowest BCUT2D eigenvalue weighted by Gasteiger charge is -2.33. The predicted octanol–water partition coefficient (Wildman–Crippen LogP) is 2.45. The molecule has 0 atom stereocenters. The summed E-state index contributed by atoms with van der Waals surface area (Å²) in [5.74, 6) is 0. The Morgan fingerprint density at radius 3 is 2.22 bits per heavy atom. The van der Waals surface area contributed by atoms with Crippen molar-refractivity contribution in [3.63, 3.8) is 0 Å². The molecule has 0 aromatic heterocycles. The van der Waals surface area contributed by atoms with Crippen LogP contribution in [-0.4, -0.2) is 0 Å². The summed E-state index contributed by atoms with van der Waals surface area (Å²) in [6.45, 7) is 2.20. The normalized spacial score (nSPS) is 26.6. The highest BCUT2D eigenvalue weighted by molar-refractivity contribution is 5.42. The van der Waals surface area contributed by atoms with Gasteiger partial charge in [0.1, 0.15) is 0 Å². The smallest absolute Gasteiger partial charge is 0.0309 e. The molecule has 0 unspecified atom stereocenters. The van der Waals surface area contributed by atoms with E-state index < -0.39 is 0 Å². The van der Waals surface area contributed by atoms with Gasteiger partial charge >= 0.3 is 0 Å². The first-order valence-electron chi connectivity index (χ1n) is 3.38. The van der Waals surface area contributed by atoms with Gasteiger partial charge in [0, 0.05) is 5.41 Å². The van der Waals surface area contributed by atoms with Gasteiger partial charge in [-0.25, -0.2) is 0 Å². The largest absolute Gasteiger partial charge is 0.0829 e. The fourth-order valence-electron chi connectivity index (χ4n) is 1.45. The van der Waals surface area contributed by atoms with E-state index in [1.807, 2.05) is 0 Å². The molecule has 0 fully saturated rings. The zero-order valence-electron chi connectivity index (χ0n) is 5.59. The number of rotatable bonds is 0. The van der Waals surface area contributed by atoms with Gasteiger partial charge in [0.25, 0.3) is 0 Å². The lowest BCUT2D eigenvalue weighted by molar-refractivity contribution is 0.539. The van der Waals surface area contributed by atoms with Gasteiger partial charge in [-0.1, -0.05) is 36.0 Å². The van der Waals surface area contributed by atoms with E-state index in [4.69, 9.17) is 0 Å². The maximum absolute atomic E-state index is 2.29. The van der Waals surface area contributed by atoms with E-state index in [1.165, 1.54) is 12.0 Å². The lowest BCUT2D eigenvalue weighted by atomic mass is 9.71. The average molecular weight is 118 g/mol. The van der Waals surface area contributed by atoms with E-state index in [0.29, 0.717) is 5.41 Å². The molecule has 0 radical (unpaired) electrons. The SMILES string of the molecule is CC1=CCC12C=CC=C2. The molecule has 0 heterocycles. The van der Waals surface area contributed by atoms with Gasteiger partial charge < -0.3 is 0 Å². The topological polar surface area (TPSA) is 0 Å². The molecule has 0 bridgehead atoms. The van der Waals surface area contributed by atoms with Crippen molar-refractivity contribution in [1.82, 2.24) is 0 Å². The second-order valence-electron chi connectivity index (χ2n) is 2.85. The summed E-state index contributed by atoms with van der Waals surface area (Å²) < 4.78 is 0. The van der Waals surface area contributed by atoms with Gasteiger partial charge in [0.2, 0.25) is 0 Å². The molecule has 2 aliphatic rings. The molecule has 2 aliphatic carbocycles. The van der Waals surface area contributed by atoms with Crippen LogP contribution in [0.15, 0.2) is 36.0 Å². The third-order valence-corrected chi connectivity index (χ3v) is 2.38. The van der Waals surface area contributed by atoms with Gasteiger partial charge in [-0.2, -0.15) is 0 Å². The van der Waals surface area contributed by atoms with Crippen LogP contribution in [0.1, 0.15) is 13.3 Å². The molecule has 0 heteroatoms. The monoisotopic (exact) mass is 118 g/mol. The average Bonchev–Trinajstić information content (AvgIpc) is 2.34. The van der Waals surface area contributed by atoms with E-state index in [2.05, 4.69) is 37.3 Å². The van der Waals surface area contributed by atoms with E-state index in [1.54, 1.807) is 0 Å². The van der Waals surface area contributed by atoms with Crippen molar-refractivity contribution in [2.24, 2.45) is 5.41 Å². The third-order valence-electron chi connectivity index (χ3n) is 2.38. The molecule has 0 amide bonds. The molecular weight excluding hydrogens is 108 g/mol. The summed E-state index contributed by atoms with van der Waals surface area (Å²) in [6, 6.07) is 0. The number of allylic oxidation sites excluding steroid dienone is 6. The Kier molecular flexibility index (Phi) is 0.774. The maximum atomic E-state index is 2.29. The first-order chi connectivity index (χ1) is 4.33. The minimum Gasteiger partial charge on any atom is -0.0829 e. The van der Waals surface area contributed by atoms with Gasteiger partial charge in [0.05, 0.1) is 0 Å². The fraction of sp³-hybridized carbons (Fsp3) is 0.333. The van der Waals surface area contributed by atoms with Crippen molar-refractivity contribution in [3.05, 3.63) is 36.0 Å². The molecule has 0 aromatic carbocycles. The molecule has 0 N–H and O–H groups in total. The van der Waals surface area contributed by atoms with E-state index in [-0.39, 0.29) is 0 Å². The van der Waals surface area contributed by atoms with Gasteiger partial charge in [-0.3, -0.25) is 0 Å². The third kappa shape index (κ3) is 0.481. The van der Waals surface area contributed by atoms with Crippen LogP contribution in [0.5, 0.6) is 0 Å². The van der Waals surface area contributed by atoms with E-state index >= 15 is 0 Å². The van der Waals surface area contributed by atoms with Crippen LogP contribution in [0.2, 0.25) is 0 Å². The minimum atomic E-state index is 0.375. The molecule has 0 saturated heterocycles. The van der Waals surface area contributed by atoms with Crippen LogP contribution >= 0.6 is 0 Å². The molecule has 46 valence electrons. The summed E-state index contributed by atoms with van der Waals surface area (Å²) in [5, 5.41) is 0. The predicted molar refractivity (Wildman–Crippen MR) is 39.1 cm³/mol. The molecule has 0 nitrogen and oxygen atoms in total. The summed E-state index contributed by atoms with van der Waals surface area (Å²) >= 11 is 0. The first-order valence-corrected chi connectivity index (χ1v) is 3.38. The van der Waals surface area contributed by atoms with Crippen LogP contribution in [0, 0.1) is 5.41 Å². The van der Waals surface area contributed by atoms with Crippen LogP contribution in [0.25, 0.3) is 0 Å². The van der Waals surface area contributed by atoms with Crippen LogP contribution in [0.4, 0.5) is 0 Å². The highest BCUT2D eigenvalue weighted by Gasteiger charge is 2.32. The Bertz CT molecular complexity index is 204. The molecule has 0 saturated carbocycles. The highest BCUT2D eigenvalue weighted by Crippen LogP contribution is 2.45. The second-order valence-corrected chi connectivity index (χ2v) is 2.85. The van der Waals surface area contributed by atoms with Crippen molar-refractivity contribution in [3.8, 4) is 0 Å². The Morgan fingerprint density at radius 2 is 2.00 bits per heavy atom. The summed E-state index contributed by atoms with van der Waals surface area (Å²) in [4.78, 5) is 0. The summed E-state index contributed by atoms with van der Waals surface area (Å²) in [7, 11) is 0. The molecule has 0 aliphatic heterocycles. The van der Waals surface area contributed by atoms with Crippen molar-refractivity contribution in [2.45, 2.75) is 13.3 Å². The van der Waals surface area contributed by atoms with Gasteiger partial charge in [-0.05, 0) is 13.3 Å². The zero-order chi connectivity index (χ0) is 6.32. The second kappa shape index (κ2) is 1.38. The van der Waals surface area contributed by atoms with E-state index in [0.717, 1.165) is 0 Å². The summed E-state index contributed by atoms with van der Waals surface area (Å²) in [6.07, 6.45) is 12.3. The Hall–Kier alpha value is -0.780. The molecule has 2 rings (SSSR count). The standard InChI is InChI=1S/C9H10/c1-8-4-7-9(8)5-2-3-6-9/h2-6H,7H2,1H3. The van der Waals surface area contributed by atoms with Crippen LogP contribution < -0.4 is 0 Å². The van der Waals surface area contributed by atoms with Gasteiger partial charge in [-0.15, -0.1) is 0 Å². The van der Waals surface area contributed by atoms with E-state index in [9.17, 15) is 0 Å². The Labute approximate surface area is 55.6 Å². The molecule has 1 spiro atoms. The van der Waals surface area contributed by atoms with Crippen molar-refractivity contribution >= 4 is 0 Å². The highest BCUT2D eigenvalue weighted by atomic mass is 14.4. The lowest BCUT2D eigenvalue weighted by Crippen LogP contribution is -2.21. The quantitative estimate of drug-likeness (QED) is 0.428. The molecule has 9 heavy (non-hydrogen) atoms. The van der Waals surface area contributed by atoms with Crippen molar-refractivity contribution in [2.75, 3.05) is 0 Å². The zero-order valence-corrected chi connectivity index (χ0v) is 5.59. The minimum absolute atomic E-state index is 0.375.